The van der Waals surface area contributed by atoms with Gasteiger partial charge in [0.1, 0.15) is 17.3 Å². The molecule has 0 atom stereocenters. The molecule has 2 aromatic heterocycles. The summed E-state index contributed by atoms with van der Waals surface area (Å²) in [6, 6.07) is 1.88. The van der Waals surface area contributed by atoms with Gasteiger partial charge in [-0.05, 0) is 6.42 Å². The zero-order valence-corrected chi connectivity index (χ0v) is 10.6. The van der Waals surface area contributed by atoms with E-state index < -0.39 is 0 Å². The van der Waals surface area contributed by atoms with E-state index in [-0.39, 0.29) is 0 Å². The van der Waals surface area contributed by atoms with E-state index in [1.54, 1.807) is 4.68 Å². The zero-order valence-electron chi connectivity index (χ0n) is 9.81. The summed E-state index contributed by atoms with van der Waals surface area (Å²) in [5.41, 5.74) is 0.933. The molecule has 0 saturated carbocycles. The van der Waals surface area contributed by atoms with E-state index in [0.29, 0.717) is 5.15 Å². The van der Waals surface area contributed by atoms with Crippen LogP contribution in [0.2, 0.25) is 5.15 Å². The molecule has 0 bridgehead atoms. The molecule has 1 N–H and O–H groups in total. The molecule has 0 aromatic carbocycles. The van der Waals surface area contributed by atoms with Crippen molar-refractivity contribution < 1.29 is 0 Å². The molecule has 0 fully saturated rings. The number of halogens is 1. The first-order valence-corrected chi connectivity index (χ1v) is 5.84. The van der Waals surface area contributed by atoms with Gasteiger partial charge in [0.05, 0.1) is 0 Å². The first-order valence-electron chi connectivity index (χ1n) is 5.46. The number of nitrogens with zero attached hydrogens (tertiary/aromatic N) is 4. The van der Waals surface area contributed by atoms with Crippen molar-refractivity contribution in [2.24, 2.45) is 7.05 Å². The Bertz CT molecular complexity index is 508. The van der Waals surface area contributed by atoms with E-state index in [0.717, 1.165) is 30.0 Å². The minimum atomic E-state index is 0.500. The second-order valence-electron chi connectivity index (χ2n) is 3.74. The van der Waals surface area contributed by atoms with Crippen molar-refractivity contribution >= 4 is 23.2 Å². The average Bonchev–Trinajstić information content (AvgIpc) is 2.69. The van der Waals surface area contributed by atoms with Gasteiger partial charge in [0.15, 0.2) is 5.82 Å². The van der Waals surface area contributed by atoms with Crippen molar-refractivity contribution in [2.45, 2.75) is 19.8 Å². The van der Waals surface area contributed by atoms with E-state index in [1.165, 1.54) is 6.33 Å². The van der Waals surface area contributed by atoms with Crippen LogP contribution in [0.5, 0.6) is 0 Å². The summed E-state index contributed by atoms with van der Waals surface area (Å²) in [4.78, 5) is 8.20. The first kappa shape index (κ1) is 11.9. The number of aromatic nitrogens is 4. The summed E-state index contributed by atoms with van der Waals surface area (Å²) < 4.78 is 1.73. The molecule has 0 amide bonds. The predicted molar refractivity (Wildman–Crippen MR) is 67.5 cm³/mol. The maximum atomic E-state index is 6.06. The fourth-order valence-electron chi connectivity index (χ4n) is 1.57. The van der Waals surface area contributed by atoms with Gasteiger partial charge in [0.25, 0.3) is 0 Å². The van der Waals surface area contributed by atoms with E-state index in [1.807, 2.05) is 19.3 Å². The van der Waals surface area contributed by atoms with Crippen molar-refractivity contribution in [3.63, 3.8) is 0 Å². The van der Waals surface area contributed by atoms with Gasteiger partial charge in [-0.3, -0.25) is 4.68 Å². The Labute approximate surface area is 105 Å². The molecular weight excluding hydrogens is 238 g/mol. The van der Waals surface area contributed by atoms with Crippen LogP contribution in [0.4, 0.5) is 11.6 Å². The molecule has 90 valence electrons. The molecule has 0 spiro atoms. The van der Waals surface area contributed by atoms with E-state index in [2.05, 4.69) is 27.3 Å². The number of rotatable bonds is 4. The molecule has 0 aliphatic heterocycles. The Balaban J connectivity index is 2.28. The van der Waals surface area contributed by atoms with Crippen molar-refractivity contribution in [3.05, 3.63) is 29.3 Å². The Kier molecular flexibility index (Phi) is 3.58. The van der Waals surface area contributed by atoms with Crippen LogP contribution < -0.4 is 5.32 Å². The SMILES string of the molecule is CCCc1c(Cl)ncnc1Nc1ccn(C)n1. The van der Waals surface area contributed by atoms with Crippen molar-refractivity contribution in [1.82, 2.24) is 19.7 Å². The molecule has 2 heterocycles. The highest BCUT2D eigenvalue weighted by atomic mass is 35.5. The number of aryl methyl sites for hydroxylation is 1. The molecule has 6 heteroatoms. The third-order valence-corrected chi connectivity index (χ3v) is 2.68. The van der Waals surface area contributed by atoms with Crippen LogP contribution >= 0.6 is 11.6 Å². The van der Waals surface area contributed by atoms with Crippen LogP contribution in [0.3, 0.4) is 0 Å². The molecule has 0 aliphatic rings. The minimum absolute atomic E-state index is 0.500. The number of hydrogen-bond donors (Lipinski definition) is 1. The highest BCUT2D eigenvalue weighted by Gasteiger charge is 2.10. The summed E-state index contributed by atoms with van der Waals surface area (Å²) in [7, 11) is 1.87. The molecule has 0 aliphatic carbocycles. The molecule has 17 heavy (non-hydrogen) atoms. The lowest BCUT2D eigenvalue weighted by Gasteiger charge is -2.09. The smallest absolute Gasteiger partial charge is 0.153 e. The van der Waals surface area contributed by atoms with Crippen LogP contribution in [0.1, 0.15) is 18.9 Å². The van der Waals surface area contributed by atoms with Gasteiger partial charge < -0.3 is 5.32 Å². The van der Waals surface area contributed by atoms with Gasteiger partial charge in [-0.1, -0.05) is 24.9 Å². The Morgan fingerprint density at radius 2 is 2.24 bits per heavy atom. The standard InChI is InChI=1S/C11H14ClN5/c1-3-4-8-10(12)13-7-14-11(8)15-9-5-6-17(2)16-9/h5-7H,3-4H2,1-2H3,(H,13,14,15,16). The summed E-state index contributed by atoms with van der Waals surface area (Å²) >= 11 is 6.06. The largest absolute Gasteiger partial charge is 0.323 e. The zero-order chi connectivity index (χ0) is 12.3. The van der Waals surface area contributed by atoms with E-state index >= 15 is 0 Å². The monoisotopic (exact) mass is 251 g/mol. The van der Waals surface area contributed by atoms with E-state index in [4.69, 9.17) is 11.6 Å². The maximum Gasteiger partial charge on any atom is 0.153 e. The number of anilines is 2. The highest BCUT2D eigenvalue weighted by molar-refractivity contribution is 6.30. The maximum absolute atomic E-state index is 6.06. The molecule has 0 saturated heterocycles. The van der Waals surface area contributed by atoms with Gasteiger partial charge >= 0.3 is 0 Å². The Morgan fingerprint density at radius 1 is 1.41 bits per heavy atom. The molecule has 0 radical (unpaired) electrons. The van der Waals surface area contributed by atoms with Gasteiger partial charge in [-0.2, -0.15) is 5.10 Å². The molecule has 0 unspecified atom stereocenters. The Hall–Kier alpha value is -1.62. The first-order chi connectivity index (χ1) is 8.20. The predicted octanol–water partition coefficient (Wildman–Crippen LogP) is 2.56. The second kappa shape index (κ2) is 5.14. The molecule has 2 aromatic rings. The highest BCUT2D eigenvalue weighted by Crippen LogP contribution is 2.23. The van der Waals surface area contributed by atoms with Crippen LogP contribution in [-0.2, 0) is 13.5 Å². The van der Waals surface area contributed by atoms with E-state index in [9.17, 15) is 0 Å². The fraction of sp³-hybridized carbons (Fsp3) is 0.364. The van der Waals surface area contributed by atoms with Crippen LogP contribution in [0, 0.1) is 0 Å². The van der Waals surface area contributed by atoms with Crippen LogP contribution in [0.25, 0.3) is 0 Å². The summed E-state index contributed by atoms with van der Waals surface area (Å²) in [6.07, 6.45) is 5.15. The van der Waals surface area contributed by atoms with Gasteiger partial charge in [-0.15, -0.1) is 0 Å². The molecular formula is C11H14ClN5. The lowest BCUT2D eigenvalue weighted by Crippen LogP contribution is -2.02. The summed E-state index contributed by atoms with van der Waals surface area (Å²) in [5.74, 6) is 1.48. The number of nitrogens with one attached hydrogen (secondary N) is 1. The van der Waals surface area contributed by atoms with Crippen LogP contribution in [-0.4, -0.2) is 19.7 Å². The summed E-state index contributed by atoms with van der Waals surface area (Å²) in [5, 5.41) is 7.89. The summed E-state index contributed by atoms with van der Waals surface area (Å²) in [6.45, 7) is 2.09. The minimum Gasteiger partial charge on any atom is -0.323 e. The average molecular weight is 252 g/mol. The number of hydrogen-bond acceptors (Lipinski definition) is 4. The molecule has 5 nitrogen and oxygen atoms in total. The second-order valence-corrected chi connectivity index (χ2v) is 4.10. The normalized spacial score (nSPS) is 10.5. The van der Waals surface area contributed by atoms with Gasteiger partial charge in [0, 0.05) is 24.9 Å². The lowest BCUT2D eigenvalue weighted by atomic mass is 10.2. The van der Waals surface area contributed by atoms with Crippen molar-refractivity contribution in [2.75, 3.05) is 5.32 Å². The Morgan fingerprint density at radius 3 is 2.88 bits per heavy atom. The van der Waals surface area contributed by atoms with Gasteiger partial charge in [-0.25, -0.2) is 9.97 Å². The van der Waals surface area contributed by atoms with Crippen molar-refractivity contribution in [3.8, 4) is 0 Å². The fourth-order valence-corrected chi connectivity index (χ4v) is 1.80. The van der Waals surface area contributed by atoms with Gasteiger partial charge in [0.2, 0.25) is 0 Å². The van der Waals surface area contributed by atoms with Crippen LogP contribution in [0.15, 0.2) is 18.6 Å². The van der Waals surface area contributed by atoms with Crippen molar-refractivity contribution in [1.29, 1.82) is 0 Å². The third kappa shape index (κ3) is 2.74. The third-order valence-electron chi connectivity index (χ3n) is 2.35. The molecule has 2 rings (SSSR count). The lowest BCUT2D eigenvalue weighted by molar-refractivity contribution is 0.770. The topological polar surface area (TPSA) is 55.6 Å². The quantitative estimate of drug-likeness (QED) is 0.849.